The summed E-state index contributed by atoms with van der Waals surface area (Å²) in [7, 11) is 0. The minimum absolute atomic E-state index is 0.0949. The molecule has 110 valence electrons. The summed E-state index contributed by atoms with van der Waals surface area (Å²) in [5, 5.41) is 4.62. The van der Waals surface area contributed by atoms with Crippen LogP contribution in [-0.4, -0.2) is 4.98 Å². The molecule has 21 heavy (non-hydrogen) atoms. The molecule has 0 bridgehead atoms. The number of nitrogens with zero attached hydrogens (tertiary/aromatic N) is 1. The van der Waals surface area contributed by atoms with Crippen molar-refractivity contribution < 1.29 is 0 Å². The van der Waals surface area contributed by atoms with Crippen LogP contribution in [-0.2, 0) is 12.1 Å². The highest BCUT2D eigenvalue weighted by Crippen LogP contribution is 2.43. The predicted molar refractivity (Wildman–Crippen MR) is 87.5 cm³/mol. The van der Waals surface area contributed by atoms with Crippen LogP contribution in [0.2, 0.25) is 5.02 Å². The molecule has 1 fully saturated rings. The van der Waals surface area contributed by atoms with Crippen LogP contribution in [0.3, 0.4) is 0 Å². The third-order valence-electron chi connectivity index (χ3n) is 4.53. The molecule has 1 N–H and O–H groups in total. The molecule has 1 aliphatic rings. The largest absolute Gasteiger partial charge is 0.302 e. The first-order valence-electron chi connectivity index (χ1n) is 7.53. The molecule has 0 spiro atoms. The first kappa shape index (κ1) is 14.6. The Kier molecular flexibility index (Phi) is 4.01. The molecule has 0 saturated heterocycles. The van der Waals surface area contributed by atoms with Gasteiger partial charge >= 0.3 is 0 Å². The van der Waals surface area contributed by atoms with E-state index in [1.807, 2.05) is 18.3 Å². The van der Waals surface area contributed by atoms with Crippen LogP contribution in [0.5, 0.6) is 0 Å². The lowest BCUT2D eigenvalue weighted by molar-refractivity contribution is 0.182. The van der Waals surface area contributed by atoms with Gasteiger partial charge in [0.15, 0.2) is 0 Å². The molecule has 3 rings (SSSR count). The first-order valence-corrected chi connectivity index (χ1v) is 7.91. The number of halogens is 1. The van der Waals surface area contributed by atoms with Gasteiger partial charge in [-0.2, -0.15) is 0 Å². The normalized spacial score (nSPS) is 16.5. The second kappa shape index (κ2) is 5.78. The van der Waals surface area contributed by atoms with Gasteiger partial charge < -0.3 is 5.32 Å². The fourth-order valence-corrected chi connectivity index (χ4v) is 3.19. The van der Waals surface area contributed by atoms with Crippen molar-refractivity contribution in [2.24, 2.45) is 0 Å². The van der Waals surface area contributed by atoms with E-state index < -0.39 is 0 Å². The van der Waals surface area contributed by atoms with Crippen LogP contribution in [0.1, 0.15) is 41.6 Å². The molecule has 0 aliphatic heterocycles. The van der Waals surface area contributed by atoms with Gasteiger partial charge in [-0.1, -0.05) is 29.8 Å². The zero-order chi connectivity index (χ0) is 14.9. The molecule has 0 radical (unpaired) electrons. The van der Waals surface area contributed by atoms with Gasteiger partial charge in [0.2, 0.25) is 0 Å². The molecule has 1 aliphatic carbocycles. The fourth-order valence-electron chi connectivity index (χ4n) is 3.08. The Morgan fingerprint density at radius 3 is 2.43 bits per heavy atom. The maximum absolute atomic E-state index is 6.30. The summed E-state index contributed by atoms with van der Waals surface area (Å²) in [6, 6.07) is 10.5. The number of hydrogen-bond acceptors (Lipinski definition) is 2. The fraction of sp³-hybridized carbons (Fsp3) is 0.389. The van der Waals surface area contributed by atoms with Crippen LogP contribution < -0.4 is 5.32 Å². The molecular formula is C18H21ClN2. The Hall–Kier alpha value is -1.38. The Morgan fingerprint density at radius 2 is 1.90 bits per heavy atom. The summed E-state index contributed by atoms with van der Waals surface area (Å²) in [4.78, 5) is 4.40. The zero-order valence-electron chi connectivity index (χ0n) is 12.6. The van der Waals surface area contributed by atoms with Crippen molar-refractivity contribution in [1.29, 1.82) is 0 Å². The van der Waals surface area contributed by atoms with Gasteiger partial charge in [0, 0.05) is 23.3 Å². The van der Waals surface area contributed by atoms with Crippen LogP contribution in [0.4, 0.5) is 0 Å². The van der Waals surface area contributed by atoms with Crippen LogP contribution in [0.15, 0.2) is 36.5 Å². The minimum atomic E-state index is 0.0949. The lowest BCUT2D eigenvalue weighted by Crippen LogP contribution is -2.47. The van der Waals surface area contributed by atoms with Crippen molar-refractivity contribution in [3.63, 3.8) is 0 Å². The Balaban J connectivity index is 1.83. The molecule has 0 atom stereocenters. The van der Waals surface area contributed by atoms with E-state index in [9.17, 15) is 0 Å². The smallest absolute Gasteiger partial charge is 0.0541 e. The van der Waals surface area contributed by atoms with E-state index in [0.717, 1.165) is 28.4 Å². The van der Waals surface area contributed by atoms with E-state index in [2.05, 4.69) is 42.3 Å². The van der Waals surface area contributed by atoms with E-state index in [-0.39, 0.29) is 5.54 Å². The second-order valence-electron chi connectivity index (χ2n) is 6.03. The highest BCUT2D eigenvalue weighted by Gasteiger charge is 2.38. The standard InChI is InChI=1S/C18H21ClN2/c1-13-10-15(11-14(2)17(13)19)18(7-5-8-18)21-12-16-6-3-4-9-20-16/h3-4,6,9-11,21H,5,7-8,12H2,1-2H3. The lowest BCUT2D eigenvalue weighted by Gasteiger charge is -2.44. The topological polar surface area (TPSA) is 24.9 Å². The lowest BCUT2D eigenvalue weighted by atomic mass is 9.71. The quantitative estimate of drug-likeness (QED) is 0.898. The highest BCUT2D eigenvalue weighted by molar-refractivity contribution is 6.32. The zero-order valence-corrected chi connectivity index (χ0v) is 13.4. The van der Waals surface area contributed by atoms with E-state index in [1.54, 1.807) is 0 Å². The van der Waals surface area contributed by atoms with Gasteiger partial charge in [0.05, 0.1) is 5.69 Å². The average Bonchev–Trinajstić information content (AvgIpc) is 2.44. The Morgan fingerprint density at radius 1 is 1.19 bits per heavy atom. The molecule has 1 heterocycles. The summed E-state index contributed by atoms with van der Waals surface area (Å²) in [5.74, 6) is 0. The van der Waals surface area contributed by atoms with Gasteiger partial charge in [0.1, 0.15) is 0 Å². The number of rotatable bonds is 4. The average molecular weight is 301 g/mol. The molecule has 2 nitrogen and oxygen atoms in total. The van der Waals surface area contributed by atoms with E-state index >= 15 is 0 Å². The van der Waals surface area contributed by atoms with Gasteiger partial charge in [-0.3, -0.25) is 4.98 Å². The van der Waals surface area contributed by atoms with E-state index in [4.69, 9.17) is 11.6 Å². The number of hydrogen-bond donors (Lipinski definition) is 1. The van der Waals surface area contributed by atoms with E-state index in [0.29, 0.717) is 0 Å². The molecule has 0 amide bonds. The number of aromatic nitrogens is 1. The second-order valence-corrected chi connectivity index (χ2v) is 6.41. The maximum atomic E-state index is 6.30. The molecule has 1 saturated carbocycles. The summed E-state index contributed by atoms with van der Waals surface area (Å²) in [6.45, 7) is 4.98. The van der Waals surface area contributed by atoms with Gasteiger partial charge in [-0.15, -0.1) is 0 Å². The van der Waals surface area contributed by atoms with Crippen molar-refractivity contribution in [3.05, 3.63) is 63.9 Å². The van der Waals surface area contributed by atoms with Crippen LogP contribution >= 0.6 is 11.6 Å². The monoisotopic (exact) mass is 300 g/mol. The molecular weight excluding hydrogens is 280 g/mol. The Bertz CT molecular complexity index is 610. The molecule has 3 heteroatoms. The summed E-state index contributed by atoms with van der Waals surface area (Å²) >= 11 is 6.30. The summed E-state index contributed by atoms with van der Waals surface area (Å²) in [6.07, 6.45) is 5.48. The van der Waals surface area contributed by atoms with Gasteiger partial charge in [-0.05, 0) is 61.9 Å². The number of benzene rings is 1. The van der Waals surface area contributed by atoms with Gasteiger partial charge in [0.25, 0.3) is 0 Å². The van der Waals surface area contributed by atoms with Crippen LogP contribution in [0.25, 0.3) is 0 Å². The van der Waals surface area contributed by atoms with E-state index in [1.165, 1.54) is 24.8 Å². The molecule has 1 aromatic heterocycles. The third-order valence-corrected chi connectivity index (χ3v) is 5.13. The molecule has 2 aromatic rings. The van der Waals surface area contributed by atoms with Crippen molar-refractivity contribution in [3.8, 4) is 0 Å². The van der Waals surface area contributed by atoms with Gasteiger partial charge in [-0.25, -0.2) is 0 Å². The number of pyridine rings is 1. The minimum Gasteiger partial charge on any atom is -0.302 e. The molecule has 0 unspecified atom stereocenters. The van der Waals surface area contributed by atoms with Crippen molar-refractivity contribution in [2.45, 2.75) is 45.2 Å². The van der Waals surface area contributed by atoms with Crippen molar-refractivity contribution in [1.82, 2.24) is 10.3 Å². The summed E-state index contributed by atoms with van der Waals surface area (Å²) in [5.41, 5.74) is 4.88. The Labute approximate surface area is 131 Å². The SMILES string of the molecule is Cc1cc(C2(NCc3ccccn3)CCC2)cc(C)c1Cl. The highest BCUT2D eigenvalue weighted by atomic mass is 35.5. The van der Waals surface area contributed by atoms with Crippen molar-refractivity contribution in [2.75, 3.05) is 0 Å². The van der Waals surface area contributed by atoms with Crippen LogP contribution in [0, 0.1) is 13.8 Å². The number of nitrogens with one attached hydrogen (secondary N) is 1. The number of aryl methyl sites for hydroxylation is 2. The molecule has 1 aromatic carbocycles. The van der Waals surface area contributed by atoms with Crippen molar-refractivity contribution >= 4 is 11.6 Å². The summed E-state index contributed by atoms with van der Waals surface area (Å²) < 4.78 is 0. The maximum Gasteiger partial charge on any atom is 0.0541 e. The first-order chi connectivity index (χ1) is 10.1. The third kappa shape index (κ3) is 2.83. The predicted octanol–water partition coefficient (Wildman–Crippen LogP) is 4.52.